The van der Waals surface area contributed by atoms with Gasteiger partial charge in [0, 0.05) is 18.2 Å². The zero-order chi connectivity index (χ0) is 15.5. The molecule has 0 unspecified atom stereocenters. The van der Waals surface area contributed by atoms with E-state index in [2.05, 4.69) is 15.6 Å². The van der Waals surface area contributed by atoms with E-state index in [1.54, 1.807) is 12.3 Å². The minimum absolute atomic E-state index is 0.117. The molecule has 1 aromatic carbocycles. The van der Waals surface area contributed by atoms with Gasteiger partial charge in [-0.2, -0.15) is 0 Å². The SMILES string of the molecule is CC(C)(CNC(=O)Cn1ccnn1)c1ccc(Cl)c(Cl)c1. The molecule has 0 aliphatic rings. The lowest BCUT2D eigenvalue weighted by Gasteiger charge is -2.26. The lowest BCUT2D eigenvalue weighted by Crippen LogP contribution is -2.38. The van der Waals surface area contributed by atoms with Crippen LogP contribution in [0.5, 0.6) is 0 Å². The van der Waals surface area contributed by atoms with Gasteiger partial charge in [-0.25, -0.2) is 4.68 Å². The van der Waals surface area contributed by atoms with Crippen LogP contribution in [0.25, 0.3) is 0 Å². The Balaban J connectivity index is 1.97. The average molecular weight is 327 g/mol. The van der Waals surface area contributed by atoms with Gasteiger partial charge in [-0.15, -0.1) is 5.10 Å². The van der Waals surface area contributed by atoms with E-state index in [1.807, 2.05) is 26.0 Å². The van der Waals surface area contributed by atoms with E-state index in [9.17, 15) is 4.79 Å². The minimum atomic E-state index is -0.258. The van der Waals surface area contributed by atoms with Gasteiger partial charge in [-0.3, -0.25) is 4.79 Å². The summed E-state index contributed by atoms with van der Waals surface area (Å²) in [6.45, 7) is 4.70. The fourth-order valence-electron chi connectivity index (χ4n) is 1.86. The van der Waals surface area contributed by atoms with E-state index in [0.29, 0.717) is 16.6 Å². The van der Waals surface area contributed by atoms with Crippen molar-refractivity contribution in [3.05, 3.63) is 46.2 Å². The molecule has 0 saturated carbocycles. The number of hydrogen-bond donors (Lipinski definition) is 1. The van der Waals surface area contributed by atoms with E-state index in [4.69, 9.17) is 23.2 Å². The number of halogens is 2. The highest BCUT2D eigenvalue weighted by Crippen LogP contribution is 2.29. The zero-order valence-electron chi connectivity index (χ0n) is 11.8. The topological polar surface area (TPSA) is 59.8 Å². The zero-order valence-corrected chi connectivity index (χ0v) is 13.3. The average Bonchev–Trinajstić information content (AvgIpc) is 2.92. The molecule has 0 radical (unpaired) electrons. The van der Waals surface area contributed by atoms with Crippen molar-refractivity contribution in [2.45, 2.75) is 25.8 Å². The number of nitrogens with zero attached hydrogens (tertiary/aromatic N) is 3. The highest BCUT2D eigenvalue weighted by atomic mass is 35.5. The van der Waals surface area contributed by atoms with Crippen molar-refractivity contribution in [2.24, 2.45) is 0 Å². The summed E-state index contributed by atoms with van der Waals surface area (Å²) in [5, 5.41) is 11.3. The maximum Gasteiger partial charge on any atom is 0.241 e. The van der Waals surface area contributed by atoms with Crippen LogP contribution in [0.15, 0.2) is 30.6 Å². The molecule has 1 aromatic heterocycles. The predicted molar refractivity (Wildman–Crippen MR) is 82.5 cm³/mol. The molecule has 1 heterocycles. The molecule has 0 atom stereocenters. The van der Waals surface area contributed by atoms with Gasteiger partial charge in [-0.1, -0.05) is 48.3 Å². The third-order valence-electron chi connectivity index (χ3n) is 3.21. The molecule has 0 spiro atoms. The first kappa shape index (κ1) is 15.8. The number of amides is 1. The quantitative estimate of drug-likeness (QED) is 0.918. The maximum atomic E-state index is 11.9. The van der Waals surface area contributed by atoms with Gasteiger partial charge in [-0.05, 0) is 17.7 Å². The van der Waals surface area contributed by atoms with Crippen LogP contribution in [-0.4, -0.2) is 27.4 Å². The van der Waals surface area contributed by atoms with Crippen molar-refractivity contribution < 1.29 is 4.79 Å². The Labute approximate surface area is 133 Å². The Morgan fingerprint density at radius 2 is 2.10 bits per heavy atom. The summed E-state index contributed by atoms with van der Waals surface area (Å²) in [5.41, 5.74) is 0.754. The van der Waals surface area contributed by atoms with Crippen molar-refractivity contribution in [2.75, 3.05) is 6.54 Å². The molecule has 2 aromatic rings. The van der Waals surface area contributed by atoms with Crippen LogP contribution in [0.3, 0.4) is 0 Å². The van der Waals surface area contributed by atoms with Crippen LogP contribution >= 0.6 is 23.2 Å². The highest BCUT2D eigenvalue weighted by molar-refractivity contribution is 6.42. The lowest BCUT2D eigenvalue weighted by molar-refractivity contribution is -0.122. The van der Waals surface area contributed by atoms with Crippen LogP contribution in [0.1, 0.15) is 19.4 Å². The molecule has 1 amide bonds. The van der Waals surface area contributed by atoms with E-state index < -0.39 is 0 Å². The van der Waals surface area contributed by atoms with Gasteiger partial charge in [0.1, 0.15) is 6.54 Å². The number of carbonyl (C=O) groups is 1. The normalized spacial score (nSPS) is 11.4. The molecule has 0 bridgehead atoms. The second kappa shape index (κ2) is 6.45. The Morgan fingerprint density at radius 3 is 2.71 bits per heavy atom. The first-order valence-corrected chi connectivity index (χ1v) is 7.20. The molecule has 7 heteroatoms. The molecular weight excluding hydrogens is 311 g/mol. The Kier molecular flexibility index (Phi) is 4.85. The van der Waals surface area contributed by atoms with Gasteiger partial charge < -0.3 is 5.32 Å². The van der Waals surface area contributed by atoms with E-state index in [-0.39, 0.29) is 17.9 Å². The third kappa shape index (κ3) is 4.19. The van der Waals surface area contributed by atoms with Crippen molar-refractivity contribution in [3.8, 4) is 0 Å². The number of aromatic nitrogens is 3. The molecule has 0 aliphatic heterocycles. The summed E-state index contributed by atoms with van der Waals surface area (Å²) in [6, 6.07) is 5.50. The second-order valence-corrected chi connectivity index (χ2v) is 6.20. The summed E-state index contributed by atoms with van der Waals surface area (Å²) >= 11 is 12.0. The van der Waals surface area contributed by atoms with E-state index in [1.165, 1.54) is 10.9 Å². The van der Waals surface area contributed by atoms with Crippen LogP contribution in [0.2, 0.25) is 10.0 Å². The third-order valence-corrected chi connectivity index (χ3v) is 3.95. The Morgan fingerprint density at radius 1 is 1.33 bits per heavy atom. The molecule has 0 fully saturated rings. The first-order chi connectivity index (χ1) is 9.88. The number of nitrogens with one attached hydrogen (secondary N) is 1. The standard InChI is InChI=1S/C14H16Cl2N4O/c1-14(2,10-3-4-11(15)12(16)7-10)9-17-13(21)8-20-6-5-18-19-20/h3-7H,8-9H2,1-2H3,(H,17,21). The number of rotatable bonds is 5. The molecule has 1 N–H and O–H groups in total. The molecule has 112 valence electrons. The summed E-state index contributed by atoms with van der Waals surface area (Å²) in [4.78, 5) is 11.9. The minimum Gasteiger partial charge on any atom is -0.354 e. The Bertz CT molecular complexity index is 626. The van der Waals surface area contributed by atoms with Gasteiger partial charge >= 0.3 is 0 Å². The van der Waals surface area contributed by atoms with Crippen molar-refractivity contribution in [1.29, 1.82) is 0 Å². The molecule has 0 aliphatic carbocycles. The smallest absolute Gasteiger partial charge is 0.241 e. The maximum absolute atomic E-state index is 11.9. The van der Waals surface area contributed by atoms with Gasteiger partial charge in [0.2, 0.25) is 5.91 Å². The van der Waals surface area contributed by atoms with Crippen LogP contribution in [0, 0.1) is 0 Å². The number of benzene rings is 1. The summed E-state index contributed by atoms with van der Waals surface area (Å²) in [7, 11) is 0. The monoisotopic (exact) mass is 326 g/mol. The van der Waals surface area contributed by atoms with Crippen molar-refractivity contribution in [1.82, 2.24) is 20.3 Å². The fourth-order valence-corrected chi connectivity index (χ4v) is 2.16. The number of carbonyl (C=O) groups excluding carboxylic acids is 1. The second-order valence-electron chi connectivity index (χ2n) is 5.39. The van der Waals surface area contributed by atoms with Crippen LogP contribution in [-0.2, 0) is 16.8 Å². The van der Waals surface area contributed by atoms with Crippen molar-refractivity contribution >= 4 is 29.1 Å². The van der Waals surface area contributed by atoms with Crippen molar-refractivity contribution in [3.63, 3.8) is 0 Å². The molecule has 0 saturated heterocycles. The fraction of sp³-hybridized carbons (Fsp3) is 0.357. The van der Waals surface area contributed by atoms with Gasteiger partial charge in [0.05, 0.1) is 16.2 Å². The predicted octanol–water partition coefficient (Wildman–Crippen LogP) is 2.68. The van der Waals surface area contributed by atoms with Crippen LogP contribution in [0.4, 0.5) is 0 Å². The number of hydrogen-bond acceptors (Lipinski definition) is 3. The summed E-state index contributed by atoms with van der Waals surface area (Å²) < 4.78 is 1.47. The Hall–Kier alpha value is -1.59. The molecule has 2 rings (SSSR count). The largest absolute Gasteiger partial charge is 0.354 e. The summed E-state index contributed by atoms with van der Waals surface area (Å²) in [6.07, 6.45) is 3.18. The first-order valence-electron chi connectivity index (χ1n) is 6.45. The summed E-state index contributed by atoms with van der Waals surface area (Å²) in [5.74, 6) is -0.117. The highest BCUT2D eigenvalue weighted by Gasteiger charge is 2.22. The van der Waals surface area contributed by atoms with Crippen LogP contribution < -0.4 is 5.32 Å². The van der Waals surface area contributed by atoms with Gasteiger partial charge in [0.15, 0.2) is 0 Å². The van der Waals surface area contributed by atoms with E-state index in [0.717, 1.165) is 5.56 Å². The van der Waals surface area contributed by atoms with Gasteiger partial charge in [0.25, 0.3) is 0 Å². The molecule has 5 nitrogen and oxygen atoms in total. The van der Waals surface area contributed by atoms with E-state index >= 15 is 0 Å². The molecular formula is C14H16Cl2N4O. The molecule has 21 heavy (non-hydrogen) atoms. The lowest BCUT2D eigenvalue weighted by atomic mass is 9.84.